The van der Waals surface area contributed by atoms with Crippen molar-refractivity contribution < 1.29 is 33.3 Å². The van der Waals surface area contributed by atoms with Crippen molar-refractivity contribution in [2.24, 2.45) is 40.4 Å². The second-order valence-corrected chi connectivity index (χ2v) is 12.7. The molecule has 0 amide bonds. The largest absolute Gasteiger partial charge is 0.462 e. The predicted octanol–water partition coefficient (Wildman–Crippen LogP) is 2.67. The van der Waals surface area contributed by atoms with Crippen molar-refractivity contribution in [3.05, 3.63) is 0 Å². The number of hydrogen-bond acceptors (Lipinski definition) is 8. The molecule has 5 aliphatic carbocycles. The lowest BCUT2D eigenvalue weighted by atomic mass is 9.43. The molecule has 1 aliphatic heterocycles. The Kier molecular flexibility index (Phi) is 5.67. The molecule has 6 fully saturated rings. The third kappa shape index (κ3) is 2.75. The van der Waals surface area contributed by atoms with Gasteiger partial charge in [0.05, 0.1) is 17.8 Å². The van der Waals surface area contributed by atoms with Gasteiger partial charge in [-0.2, -0.15) is 0 Å². The first-order valence-corrected chi connectivity index (χ1v) is 13.8. The average molecular weight is 506 g/mol. The smallest absolute Gasteiger partial charge is 0.302 e. The molecule has 6 aliphatic rings. The third-order valence-electron chi connectivity index (χ3n) is 11.8. The predicted molar refractivity (Wildman–Crippen MR) is 130 cm³/mol. The first kappa shape index (κ1) is 25.1. The number of rotatable bonds is 6. The van der Waals surface area contributed by atoms with E-state index >= 15 is 0 Å². The number of fused-ring (bicyclic) bond motifs is 2. The van der Waals surface area contributed by atoms with E-state index in [0.29, 0.717) is 0 Å². The lowest BCUT2D eigenvalue weighted by molar-refractivity contribution is -0.277. The van der Waals surface area contributed by atoms with Gasteiger partial charge in [-0.1, -0.05) is 13.8 Å². The van der Waals surface area contributed by atoms with Gasteiger partial charge in [0.1, 0.15) is 12.2 Å². The standard InChI is InChI=1S/C28H43NO7/c1-8-29-13-26(4)10-9-19(33-6)28-17-11-16-18(32-5)12-27(34-7,20(17)22(16)35-14(2)30)21(25(28)29)23(24(26)28)36-15(3)31/h16-25H,8-13H2,1-7H3/t16-,17-,18+,19+,20-,21+,22+,23-,24-,25-,26+,27-,28+/m1/s1. The SMILES string of the molecule is CCN1C[C@]2(C)CC[C@H](OC)[C@@]34[C@@H]5C[C@H]6[C@H](OC(C)=O)[C@@H]5[C@](OC)(C[C@@H]6OC)[C@@H]([C@@H](OC(C)=O)[C@H]23)[C@@H]14. The fourth-order valence-electron chi connectivity index (χ4n) is 11.4. The summed E-state index contributed by atoms with van der Waals surface area (Å²) < 4.78 is 31.8. The molecule has 8 nitrogen and oxygen atoms in total. The number of piperidine rings is 1. The highest BCUT2D eigenvalue weighted by molar-refractivity contribution is 5.67. The zero-order chi connectivity index (χ0) is 25.8. The minimum Gasteiger partial charge on any atom is -0.462 e. The molecule has 6 rings (SSSR count). The number of esters is 2. The maximum absolute atomic E-state index is 12.7. The summed E-state index contributed by atoms with van der Waals surface area (Å²) in [6, 6.07) is 0.170. The first-order chi connectivity index (χ1) is 17.1. The molecule has 0 aromatic rings. The highest BCUT2D eigenvalue weighted by Gasteiger charge is 2.87. The zero-order valence-corrected chi connectivity index (χ0v) is 22.8. The normalized spacial score (nSPS) is 54.3. The van der Waals surface area contributed by atoms with Crippen molar-refractivity contribution in [2.75, 3.05) is 34.4 Å². The summed E-state index contributed by atoms with van der Waals surface area (Å²) in [4.78, 5) is 27.7. The fraction of sp³-hybridized carbons (Fsp3) is 0.929. The summed E-state index contributed by atoms with van der Waals surface area (Å²) in [6.45, 7) is 9.61. The number of carbonyl (C=O) groups is 2. The average Bonchev–Trinajstić information content (AvgIpc) is 3.23. The van der Waals surface area contributed by atoms with E-state index in [0.717, 1.165) is 38.8 Å². The van der Waals surface area contributed by atoms with E-state index < -0.39 is 5.60 Å². The van der Waals surface area contributed by atoms with Gasteiger partial charge in [-0.05, 0) is 37.1 Å². The van der Waals surface area contributed by atoms with Crippen LogP contribution in [0.1, 0.15) is 53.4 Å². The molecular formula is C28H43NO7. The summed E-state index contributed by atoms with van der Waals surface area (Å²) in [5.74, 6) is -0.0124. The molecule has 36 heavy (non-hydrogen) atoms. The molecule has 5 saturated carbocycles. The van der Waals surface area contributed by atoms with Crippen LogP contribution < -0.4 is 0 Å². The molecule has 1 heterocycles. The topological polar surface area (TPSA) is 83.5 Å². The van der Waals surface area contributed by atoms with Crippen LogP contribution in [0.5, 0.6) is 0 Å². The number of hydrogen-bond donors (Lipinski definition) is 0. The highest BCUT2D eigenvalue weighted by atomic mass is 16.6. The van der Waals surface area contributed by atoms with Gasteiger partial charge in [-0.25, -0.2) is 0 Å². The van der Waals surface area contributed by atoms with Crippen LogP contribution >= 0.6 is 0 Å². The zero-order valence-electron chi connectivity index (χ0n) is 22.8. The van der Waals surface area contributed by atoms with E-state index in [1.54, 1.807) is 14.2 Å². The third-order valence-corrected chi connectivity index (χ3v) is 11.8. The van der Waals surface area contributed by atoms with Crippen LogP contribution in [-0.4, -0.2) is 87.3 Å². The van der Waals surface area contributed by atoms with Crippen molar-refractivity contribution in [3.8, 4) is 0 Å². The molecule has 13 atom stereocenters. The Bertz CT molecular complexity index is 943. The Morgan fingerprint density at radius 2 is 1.69 bits per heavy atom. The Morgan fingerprint density at radius 3 is 2.28 bits per heavy atom. The lowest BCUT2D eigenvalue weighted by Crippen LogP contribution is -2.76. The van der Waals surface area contributed by atoms with Gasteiger partial charge in [-0.15, -0.1) is 0 Å². The van der Waals surface area contributed by atoms with Gasteiger partial charge >= 0.3 is 11.9 Å². The molecule has 7 bridgehead atoms. The second-order valence-electron chi connectivity index (χ2n) is 12.7. The highest BCUT2D eigenvalue weighted by Crippen LogP contribution is 2.80. The van der Waals surface area contributed by atoms with E-state index in [-0.39, 0.29) is 82.8 Å². The van der Waals surface area contributed by atoms with Gasteiger partial charge in [0.15, 0.2) is 0 Å². The van der Waals surface area contributed by atoms with Crippen LogP contribution in [0.3, 0.4) is 0 Å². The summed E-state index contributed by atoms with van der Waals surface area (Å²) in [7, 11) is 5.41. The minimum absolute atomic E-state index is 0.000348. The van der Waals surface area contributed by atoms with Crippen molar-refractivity contribution in [1.29, 1.82) is 0 Å². The Hall–Kier alpha value is -1.22. The summed E-state index contributed by atoms with van der Waals surface area (Å²) >= 11 is 0. The van der Waals surface area contributed by atoms with E-state index in [4.69, 9.17) is 23.7 Å². The van der Waals surface area contributed by atoms with Crippen molar-refractivity contribution >= 4 is 11.9 Å². The Labute approximate surface area is 214 Å². The monoisotopic (exact) mass is 505 g/mol. The molecular weight excluding hydrogens is 462 g/mol. The van der Waals surface area contributed by atoms with Crippen LogP contribution in [0.4, 0.5) is 0 Å². The molecule has 0 N–H and O–H groups in total. The molecule has 8 heteroatoms. The molecule has 0 aromatic heterocycles. The van der Waals surface area contributed by atoms with Gasteiger partial charge in [-0.3, -0.25) is 14.5 Å². The van der Waals surface area contributed by atoms with Gasteiger partial charge in [0, 0.05) is 83.3 Å². The van der Waals surface area contributed by atoms with E-state index in [2.05, 4.69) is 18.7 Å². The summed E-state index contributed by atoms with van der Waals surface area (Å²) in [5, 5.41) is 0. The molecule has 1 spiro atoms. The Balaban J connectivity index is 1.65. The molecule has 0 unspecified atom stereocenters. The van der Waals surface area contributed by atoms with Gasteiger partial charge in [0.25, 0.3) is 0 Å². The molecule has 0 aromatic carbocycles. The quantitative estimate of drug-likeness (QED) is 0.510. The van der Waals surface area contributed by atoms with E-state index in [9.17, 15) is 9.59 Å². The van der Waals surface area contributed by atoms with Gasteiger partial charge in [0.2, 0.25) is 0 Å². The number of nitrogens with zero attached hydrogens (tertiary/aromatic N) is 1. The van der Waals surface area contributed by atoms with E-state index in [1.807, 2.05) is 7.11 Å². The molecule has 1 saturated heterocycles. The van der Waals surface area contributed by atoms with Crippen LogP contribution in [0.2, 0.25) is 0 Å². The maximum Gasteiger partial charge on any atom is 0.302 e. The maximum atomic E-state index is 12.7. The van der Waals surface area contributed by atoms with E-state index in [1.165, 1.54) is 13.8 Å². The summed E-state index contributed by atoms with van der Waals surface area (Å²) in [6.07, 6.45) is 3.08. The molecule has 0 radical (unpaired) electrons. The van der Waals surface area contributed by atoms with Crippen molar-refractivity contribution in [2.45, 2.75) is 89.4 Å². The lowest BCUT2D eigenvalue weighted by Gasteiger charge is -2.69. The fourth-order valence-corrected chi connectivity index (χ4v) is 11.4. The minimum atomic E-state index is -0.622. The summed E-state index contributed by atoms with van der Waals surface area (Å²) in [5.41, 5.74) is -0.828. The van der Waals surface area contributed by atoms with Gasteiger partial charge < -0.3 is 23.7 Å². The Morgan fingerprint density at radius 1 is 1.00 bits per heavy atom. The van der Waals surface area contributed by atoms with Crippen LogP contribution in [0.25, 0.3) is 0 Å². The molecule has 202 valence electrons. The van der Waals surface area contributed by atoms with Crippen molar-refractivity contribution in [3.63, 3.8) is 0 Å². The van der Waals surface area contributed by atoms with Crippen LogP contribution in [0, 0.1) is 40.4 Å². The first-order valence-electron chi connectivity index (χ1n) is 13.8. The van der Waals surface area contributed by atoms with Crippen molar-refractivity contribution in [1.82, 2.24) is 4.90 Å². The number of likely N-dealkylation sites (tertiary alicyclic amines) is 1. The number of ether oxygens (including phenoxy) is 5. The second kappa shape index (κ2) is 8.14. The number of methoxy groups -OCH3 is 3. The van der Waals surface area contributed by atoms with Crippen LogP contribution in [0.15, 0.2) is 0 Å². The van der Waals surface area contributed by atoms with Crippen LogP contribution in [-0.2, 0) is 33.3 Å². The number of carbonyl (C=O) groups excluding carboxylic acids is 2.